The topological polar surface area (TPSA) is 98.3 Å². The van der Waals surface area contributed by atoms with E-state index in [1.54, 1.807) is 19.1 Å². The number of nitro groups is 1. The first kappa shape index (κ1) is 15.1. The Hall–Kier alpha value is -1.95. The Kier molecular flexibility index (Phi) is 5.44. The Morgan fingerprint density at radius 1 is 1.53 bits per heavy atom. The second-order valence-electron chi connectivity index (χ2n) is 4.42. The minimum absolute atomic E-state index is 0.0180. The maximum atomic E-state index is 11.9. The Labute approximate surface area is 112 Å². The van der Waals surface area contributed by atoms with E-state index < -0.39 is 4.92 Å². The van der Waals surface area contributed by atoms with E-state index in [-0.39, 0.29) is 23.6 Å². The van der Waals surface area contributed by atoms with Gasteiger partial charge in [0.15, 0.2) is 0 Å². The van der Waals surface area contributed by atoms with Gasteiger partial charge in [-0.2, -0.15) is 0 Å². The minimum atomic E-state index is -0.452. The molecule has 2 unspecified atom stereocenters. The maximum Gasteiger partial charge on any atom is 0.269 e. The van der Waals surface area contributed by atoms with E-state index in [1.165, 1.54) is 12.1 Å². The number of amides is 1. The third kappa shape index (κ3) is 4.03. The smallest absolute Gasteiger partial charge is 0.269 e. The number of nitrogens with zero attached hydrogens (tertiary/aromatic N) is 1. The van der Waals surface area contributed by atoms with Crippen LogP contribution in [0, 0.1) is 16.0 Å². The molecule has 1 aromatic rings. The number of nitrogens with one attached hydrogen (secondary N) is 1. The molecule has 0 aliphatic carbocycles. The third-order valence-corrected chi connectivity index (χ3v) is 3.09. The van der Waals surface area contributed by atoms with E-state index >= 15 is 0 Å². The Balaban J connectivity index is 2.78. The predicted octanol–water partition coefficient (Wildman–Crippen LogP) is 1.76. The highest BCUT2D eigenvalue weighted by atomic mass is 16.6. The van der Waals surface area contributed by atoms with Gasteiger partial charge in [-0.25, -0.2) is 0 Å². The molecule has 6 heteroatoms. The van der Waals surface area contributed by atoms with Crippen molar-refractivity contribution in [2.45, 2.75) is 26.3 Å². The zero-order valence-electron chi connectivity index (χ0n) is 11.1. The molecule has 3 N–H and O–H groups in total. The number of benzene rings is 1. The molecule has 0 saturated carbocycles. The summed E-state index contributed by atoms with van der Waals surface area (Å²) < 4.78 is 0. The van der Waals surface area contributed by atoms with Gasteiger partial charge in [0.25, 0.3) is 5.69 Å². The van der Waals surface area contributed by atoms with E-state index in [0.717, 1.165) is 0 Å². The quantitative estimate of drug-likeness (QED) is 0.604. The lowest BCUT2D eigenvalue weighted by Gasteiger charge is -2.18. The van der Waals surface area contributed by atoms with Crippen molar-refractivity contribution in [1.29, 1.82) is 0 Å². The summed E-state index contributed by atoms with van der Waals surface area (Å²) in [4.78, 5) is 22.1. The molecular weight excluding hydrogens is 246 g/mol. The first-order chi connectivity index (χ1) is 8.99. The Bertz CT molecular complexity index is 458. The molecule has 0 aliphatic heterocycles. The van der Waals surface area contributed by atoms with Crippen molar-refractivity contribution in [2.75, 3.05) is 6.54 Å². The molecule has 0 aromatic heterocycles. The highest BCUT2D eigenvalue weighted by Gasteiger charge is 2.18. The molecule has 6 nitrogen and oxygen atoms in total. The highest BCUT2D eigenvalue weighted by molar-refractivity contribution is 5.79. The Morgan fingerprint density at radius 3 is 2.74 bits per heavy atom. The number of nitro benzene ring substituents is 1. The van der Waals surface area contributed by atoms with Crippen LogP contribution in [0.25, 0.3) is 0 Å². The van der Waals surface area contributed by atoms with Crippen LogP contribution in [-0.2, 0) is 4.79 Å². The summed E-state index contributed by atoms with van der Waals surface area (Å²) in [6, 6.07) is 5.96. The van der Waals surface area contributed by atoms with Gasteiger partial charge in [0, 0.05) is 24.6 Å². The number of nitrogens with two attached hydrogens (primary N) is 1. The molecular formula is C13H19N3O3. The third-order valence-electron chi connectivity index (χ3n) is 3.09. The first-order valence-electron chi connectivity index (χ1n) is 6.24. The molecule has 1 rings (SSSR count). The van der Waals surface area contributed by atoms with Crippen molar-refractivity contribution >= 4 is 11.6 Å². The van der Waals surface area contributed by atoms with Gasteiger partial charge in [-0.1, -0.05) is 19.1 Å². The SMILES string of the molecule is CCC(CN)C(=O)NC(C)c1cccc([N+](=O)[O-])c1. The molecule has 0 saturated heterocycles. The van der Waals surface area contributed by atoms with Gasteiger partial charge in [-0.15, -0.1) is 0 Å². The number of hydrogen-bond donors (Lipinski definition) is 2. The average molecular weight is 265 g/mol. The zero-order chi connectivity index (χ0) is 14.4. The van der Waals surface area contributed by atoms with Gasteiger partial charge in [-0.05, 0) is 18.9 Å². The van der Waals surface area contributed by atoms with Crippen LogP contribution in [0.4, 0.5) is 5.69 Å². The number of hydrogen-bond acceptors (Lipinski definition) is 4. The minimum Gasteiger partial charge on any atom is -0.349 e. The van der Waals surface area contributed by atoms with E-state index in [1.807, 2.05) is 6.92 Å². The van der Waals surface area contributed by atoms with Crippen LogP contribution in [0.5, 0.6) is 0 Å². The number of non-ortho nitro benzene ring substituents is 1. The van der Waals surface area contributed by atoms with Crippen LogP contribution in [0.1, 0.15) is 31.9 Å². The number of carbonyl (C=O) groups excluding carboxylic acids is 1. The van der Waals surface area contributed by atoms with Crippen LogP contribution >= 0.6 is 0 Å². The fourth-order valence-electron chi connectivity index (χ4n) is 1.78. The summed E-state index contributed by atoms with van der Waals surface area (Å²) in [5.74, 6) is -0.342. The van der Waals surface area contributed by atoms with Crippen molar-refractivity contribution in [3.8, 4) is 0 Å². The van der Waals surface area contributed by atoms with Crippen LogP contribution in [0.15, 0.2) is 24.3 Å². The molecule has 1 amide bonds. The molecule has 0 radical (unpaired) electrons. The standard InChI is InChI=1S/C13H19N3O3/c1-3-10(8-14)13(17)15-9(2)11-5-4-6-12(7-11)16(18)19/h4-7,9-10H,3,8,14H2,1-2H3,(H,15,17). The summed E-state index contributed by atoms with van der Waals surface area (Å²) >= 11 is 0. The van der Waals surface area contributed by atoms with Crippen LogP contribution in [0.3, 0.4) is 0 Å². The molecule has 0 bridgehead atoms. The summed E-state index contributed by atoms with van der Waals surface area (Å²) in [5.41, 5.74) is 6.23. The molecule has 2 atom stereocenters. The zero-order valence-corrected chi connectivity index (χ0v) is 11.1. The van der Waals surface area contributed by atoms with Gasteiger partial charge in [0.1, 0.15) is 0 Å². The lowest BCUT2D eigenvalue weighted by molar-refractivity contribution is -0.384. The van der Waals surface area contributed by atoms with Gasteiger partial charge in [0.05, 0.1) is 11.0 Å². The molecule has 0 spiro atoms. The van der Waals surface area contributed by atoms with Crippen molar-refractivity contribution < 1.29 is 9.72 Å². The maximum absolute atomic E-state index is 11.9. The molecule has 0 aliphatic rings. The molecule has 0 heterocycles. The summed E-state index contributed by atoms with van der Waals surface area (Å²) in [5, 5.41) is 13.5. The molecule has 1 aromatic carbocycles. The van der Waals surface area contributed by atoms with Crippen molar-refractivity contribution in [2.24, 2.45) is 11.7 Å². The van der Waals surface area contributed by atoms with Gasteiger partial charge in [-0.3, -0.25) is 14.9 Å². The molecule has 19 heavy (non-hydrogen) atoms. The van der Waals surface area contributed by atoms with Crippen molar-refractivity contribution in [1.82, 2.24) is 5.32 Å². The second kappa shape index (κ2) is 6.84. The van der Waals surface area contributed by atoms with E-state index in [0.29, 0.717) is 18.5 Å². The molecule has 0 fully saturated rings. The van der Waals surface area contributed by atoms with Gasteiger partial charge < -0.3 is 11.1 Å². The van der Waals surface area contributed by atoms with Gasteiger partial charge in [0.2, 0.25) is 5.91 Å². The van der Waals surface area contributed by atoms with E-state index in [2.05, 4.69) is 5.32 Å². The average Bonchev–Trinajstić information content (AvgIpc) is 2.40. The molecule has 104 valence electrons. The lowest BCUT2D eigenvalue weighted by atomic mass is 10.0. The number of rotatable bonds is 6. The van der Waals surface area contributed by atoms with E-state index in [4.69, 9.17) is 5.73 Å². The van der Waals surface area contributed by atoms with Crippen LogP contribution < -0.4 is 11.1 Å². The summed E-state index contributed by atoms with van der Waals surface area (Å²) in [6.45, 7) is 3.99. The summed E-state index contributed by atoms with van der Waals surface area (Å²) in [7, 11) is 0. The Morgan fingerprint density at radius 2 is 2.21 bits per heavy atom. The van der Waals surface area contributed by atoms with Gasteiger partial charge >= 0.3 is 0 Å². The van der Waals surface area contributed by atoms with Crippen LogP contribution in [-0.4, -0.2) is 17.4 Å². The first-order valence-corrected chi connectivity index (χ1v) is 6.24. The fourth-order valence-corrected chi connectivity index (χ4v) is 1.78. The predicted molar refractivity (Wildman–Crippen MR) is 72.5 cm³/mol. The summed E-state index contributed by atoms with van der Waals surface area (Å²) in [6.07, 6.45) is 0.671. The highest BCUT2D eigenvalue weighted by Crippen LogP contribution is 2.19. The van der Waals surface area contributed by atoms with Crippen LogP contribution in [0.2, 0.25) is 0 Å². The normalized spacial score (nSPS) is 13.6. The largest absolute Gasteiger partial charge is 0.349 e. The number of carbonyl (C=O) groups is 1. The fraction of sp³-hybridized carbons (Fsp3) is 0.462. The second-order valence-corrected chi connectivity index (χ2v) is 4.42. The lowest BCUT2D eigenvalue weighted by Crippen LogP contribution is -2.36. The van der Waals surface area contributed by atoms with E-state index in [9.17, 15) is 14.9 Å². The van der Waals surface area contributed by atoms with Crippen molar-refractivity contribution in [3.63, 3.8) is 0 Å². The monoisotopic (exact) mass is 265 g/mol. The van der Waals surface area contributed by atoms with Crippen molar-refractivity contribution in [3.05, 3.63) is 39.9 Å².